The number of hydrogen-bond acceptors (Lipinski definition) is 4. The van der Waals surface area contributed by atoms with Crippen molar-refractivity contribution < 1.29 is 4.79 Å². The second kappa shape index (κ2) is 6.13. The molecular weight excluding hydrogens is 318 g/mol. The minimum atomic E-state index is -0.115. The molecule has 4 rings (SSSR count). The van der Waals surface area contributed by atoms with Gasteiger partial charge in [0.05, 0.1) is 0 Å². The third-order valence-corrected chi connectivity index (χ3v) is 5.35. The smallest absolute Gasteiger partial charge is 0.276 e. The molecule has 2 aliphatic rings. The predicted molar refractivity (Wildman–Crippen MR) is 92.6 cm³/mol. The SMILES string of the molecule is Cc1c([C@H]2CCCN(C(=O)c3ccn(C)n3)C2)n2c(nc1=O)CCC2. The van der Waals surface area contributed by atoms with Gasteiger partial charge >= 0.3 is 0 Å². The fourth-order valence-corrected chi connectivity index (χ4v) is 4.15. The van der Waals surface area contributed by atoms with Crippen LogP contribution in [-0.4, -0.2) is 43.2 Å². The van der Waals surface area contributed by atoms with Crippen molar-refractivity contribution in [3.8, 4) is 0 Å². The Balaban J connectivity index is 1.64. The van der Waals surface area contributed by atoms with E-state index in [2.05, 4.69) is 14.6 Å². The summed E-state index contributed by atoms with van der Waals surface area (Å²) in [5, 5.41) is 4.23. The molecule has 0 saturated carbocycles. The largest absolute Gasteiger partial charge is 0.337 e. The zero-order valence-electron chi connectivity index (χ0n) is 14.7. The molecule has 1 atom stereocenters. The van der Waals surface area contributed by atoms with Crippen LogP contribution < -0.4 is 5.56 Å². The molecule has 4 heterocycles. The predicted octanol–water partition coefficient (Wildman–Crippen LogP) is 1.25. The summed E-state index contributed by atoms with van der Waals surface area (Å²) in [6.07, 6.45) is 5.62. The van der Waals surface area contributed by atoms with Crippen molar-refractivity contribution >= 4 is 5.91 Å². The normalized spacial score (nSPS) is 19.9. The molecule has 0 N–H and O–H groups in total. The first-order chi connectivity index (χ1) is 12.0. The number of carbonyl (C=O) groups excluding carboxylic acids is 1. The minimum Gasteiger partial charge on any atom is -0.337 e. The number of rotatable bonds is 2. The lowest BCUT2D eigenvalue weighted by atomic mass is 9.91. The van der Waals surface area contributed by atoms with E-state index in [1.165, 1.54) is 0 Å². The molecule has 7 nitrogen and oxygen atoms in total. The van der Waals surface area contributed by atoms with E-state index in [4.69, 9.17) is 0 Å². The second-order valence-electron chi connectivity index (χ2n) is 7.06. The molecule has 0 radical (unpaired) electrons. The number of carbonyl (C=O) groups is 1. The van der Waals surface area contributed by atoms with Gasteiger partial charge in [-0.3, -0.25) is 14.3 Å². The van der Waals surface area contributed by atoms with Gasteiger partial charge in [-0.2, -0.15) is 10.1 Å². The topological polar surface area (TPSA) is 73.0 Å². The maximum Gasteiger partial charge on any atom is 0.276 e. The standard InChI is InChI=1S/C18H23N5O2/c1-12-16(23-9-4-6-15(23)19-17(12)24)13-5-3-8-22(11-13)18(25)14-7-10-21(2)20-14/h7,10,13H,3-6,8-9,11H2,1-2H3/t13-/m0/s1. The number of likely N-dealkylation sites (tertiary alicyclic amines) is 1. The van der Waals surface area contributed by atoms with E-state index in [-0.39, 0.29) is 17.4 Å². The number of aryl methyl sites for hydroxylation is 2. The number of aromatic nitrogens is 4. The molecule has 1 amide bonds. The lowest BCUT2D eigenvalue weighted by Gasteiger charge is -2.34. The number of fused-ring (bicyclic) bond motifs is 1. The van der Waals surface area contributed by atoms with Crippen molar-refractivity contribution in [1.29, 1.82) is 0 Å². The highest BCUT2D eigenvalue weighted by Gasteiger charge is 2.31. The average molecular weight is 341 g/mol. The van der Waals surface area contributed by atoms with E-state index < -0.39 is 0 Å². The molecule has 0 aliphatic carbocycles. The monoisotopic (exact) mass is 341 g/mol. The molecule has 0 bridgehead atoms. The van der Waals surface area contributed by atoms with Crippen LogP contribution in [0.5, 0.6) is 0 Å². The Hall–Kier alpha value is -2.44. The van der Waals surface area contributed by atoms with Crippen LogP contribution >= 0.6 is 0 Å². The maximum atomic E-state index is 12.7. The Kier molecular flexibility index (Phi) is 3.94. The molecule has 0 unspecified atom stereocenters. The van der Waals surface area contributed by atoms with Gasteiger partial charge in [0, 0.05) is 56.5 Å². The summed E-state index contributed by atoms with van der Waals surface area (Å²) in [6, 6.07) is 1.76. The van der Waals surface area contributed by atoms with Crippen LogP contribution in [0.2, 0.25) is 0 Å². The summed E-state index contributed by atoms with van der Waals surface area (Å²) in [5.74, 6) is 1.06. The van der Waals surface area contributed by atoms with E-state index in [0.717, 1.165) is 55.9 Å². The highest BCUT2D eigenvalue weighted by Crippen LogP contribution is 2.31. The summed E-state index contributed by atoms with van der Waals surface area (Å²) in [4.78, 5) is 31.1. The summed E-state index contributed by atoms with van der Waals surface area (Å²) in [6.45, 7) is 4.17. The van der Waals surface area contributed by atoms with Crippen molar-refractivity contribution in [2.45, 2.75) is 45.1 Å². The van der Waals surface area contributed by atoms with Crippen LogP contribution in [-0.2, 0) is 20.0 Å². The minimum absolute atomic E-state index is 0.0269. The number of hydrogen-bond donors (Lipinski definition) is 0. The van der Waals surface area contributed by atoms with Crippen LogP contribution in [0, 0.1) is 6.92 Å². The maximum absolute atomic E-state index is 12.7. The Bertz CT molecular complexity index is 882. The fourth-order valence-electron chi connectivity index (χ4n) is 4.15. The molecule has 1 fully saturated rings. The van der Waals surface area contributed by atoms with Crippen molar-refractivity contribution in [3.63, 3.8) is 0 Å². The second-order valence-corrected chi connectivity index (χ2v) is 7.06. The molecule has 2 aliphatic heterocycles. The van der Waals surface area contributed by atoms with Gasteiger partial charge in [-0.25, -0.2) is 0 Å². The molecule has 25 heavy (non-hydrogen) atoms. The fraction of sp³-hybridized carbons (Fsp3) is 0.556. The third-order valence-electron chi connectivity index (χ3n) is 5.35. The van der Waals surface area contributed by atoms with Crippen molar-refractivity contribution in [1.82, 2.24) is 24.2 Å². The third kappa shape index (κ3) is 2.77. The number of piperidine rings is 1. The molecule has 2 aromatic heterocycles. The molecular formula is C18H23N5O2. The van der Waals surface area contributed by atoms with Crippen LogP contribution in [0.1, 0.15) is 52.8 Å². The van der Waals surface area contributed by atoms with E-state index >= 15 is 0 Å². The quantitative estimate of drug-likeness (QED) is 0.824. The first kappa shape index (κ1) is 16.1. The van der Waals surface area contributed by atoms with Crippen molar-refractivity contribution in [3.05, 3.63) is 45.4 Å². The first-order valence-electron chi connectivity index (χ1n) is 8.93. The Morgan fingerprint density at radius 2 is 2.12 bits per heavy atom. The Morgan fingerprint density at radius 1 is 1.28 bits per heavy atom. The molecule has 0 spiro atoms. The molecule has 2 aromatic rings. The van der Waals surface area contributed by atoms with E-state index in [1.54, 1.807) is 16.9 Å². The van der Waals surface area contributed by atoms with Crippen LogP contribution in [0.15, 0.2) is 17.1 Å². The van der Waals surface area contributed by atoms with E-state index in [0.29, 0.717) is 12.2 Å². The van der Waals surface area contributed by atoms with Crippen LogP contribution in [0.4, 0.5) is 0 Å². The zero-order chi connectivity index (χ0) is 17.6. The summed E-state index contributed by atoms with van der Waals surface area (Å²) >= 11 is 0. The lowest BCUT2D eigenvalue weighted by Crippen LogP contribution is -2.40. The highest BCUT2D eigenvalue weighted by atomic mass is 16.2. The van der Waals surface area contributed by atoms with Crippen LogP contribution in [0.3, 0.4) is 0 Å². The lowest BCUT2D eigenvalue weighted by molar-refractivity contribution is 0.0697. The van der Waals surface area contributed by atoms with Crippen molar-refractivity contribution in [2.75, 3.05) is 13.1 Å². The summed E-state index contributed by atoms with van der Waals surface area (Å²) < 4.78 is 3.87. The zero-order valence-corrected chi connectivity index (χ0v) is 14.7. The van der Waals surface area contributed by atoms with Gasteiger partial charge in [0.15, 0.2) is 0 Å². The van der Waals surface area contributed by atoms with E-state index in [9.17, 15) is 9.59 Å². The van der Waals surface area contributed by atoms with Gasteiger partial charge in [-0.15, -0.1) is 0 Å². The van der Waals surface area contributed by atoms with Gasteiger partial charge < -0.3 is 9.47 Å². The Morgan fingerprint density at radius 3 is 2.88 bits per heavy atom. The van der Waals surface area contributed by atoms with Gasteiger partial charge in [0.25, 0.3) is 11.5 Å². The molecule has 7 heteroatoms. The summed E-state index contributed by atoms with van der Waals surface area (Å²) in [7, 11) is 1.81. The Labute approximate surface area is 146 Å². The average Bonchev–Trinajstić information content (AvgIpc) is 3.24. The van der Waals surface area contributed by atoms with Gasteiger partial charge in [-0.05, 0) is 32.3 Å². The van der Waals surface area contributed by atoms with Gasteiger partial charge in [0.2, 0.25) is 0 Å². The number of amides is 1. The summed E-state index contributed by atoms with van der Waals surface area (Å²) in [5.41, 5.74) is 2.20. The van der Waals surface area contributed by atoms with Gasteiger partial charge in [-0.1, -0.05) is 0 Å². The van der Waals surface area contributed by atoms with Gasteiger partial charge in [0.1, 0.15) is 11.5 Å². The molecule has 0 aromatic carbocycles. The van der Waals surface area contributed by atoms with Crippen LogP contribution in [0.25, 0.3) is 0 Å². The van der Waals surface area contributed by atoms with E-state index in [1.807, 2.05) is 18.9 Å². The number of nitrogens with zero attached hydrogens (tertiary/aromatic N) is 5. The molecule has 132 valence electrons. The molecule has 1 saturated heterocycles. The highest BCUT2D eigenvalue weighted by molar-refractivity contribution is 5.92. The van der Waals surface area contributed by atoms with Crippen molar-refractivity contribution in [2.24, 2.45) is 7.05 Å². The first-order valence-corrected chi connectivity index (χ1v) is 8.93.